The standard InChI is InChI=1S/C27H26N2O4/c1-19-12-13-24-23(14-19)22(16-28-24)15-25(26(30)32-17-20-8-4-2-5-9-20)29-27(31)33-18-21-10-6-3-7-11-21/h2-14,16,25,28H,15,17-18H2,1H3,(H,29,31)/t25-/m0/s1. The summed E-state index contributed by atoms with van der Waals surface area (Å²) in [5.74, 6) is -0.516. The molecule has 0 radical (unpaired) electrons. The van der Waals surface area contributed by atoms with E-state index in [0.29, 0.717) is 0 Å². The lowest BCUT2D eigenvalue weighted by Gasteiger charge is -2.18. The zero-order chi connectivity index (χ0) is 23.0. The molecule has 0 spiro atoms. The Bertz CT molecular complexity index is 1220. The van der Waals surface area contributed by atoms with E-state index in [0.717, 1.165) is 33.2 Å². The van der Waals surface area contributed by atoms with Crippen molar-refractivity contribution < 1.29 is 19.1 Å². The molecule has 0 saturated carbocycles. The summed E-state index contributed by atoms with van der Waals surface area (Å²) in [6.07, 6.45) is 1.47. The Balaban J connectivity index is 1.47. The van der Waals surface area contributed by atoms with Gasteiger partial charge in [0.1, 0.15) is 19.3 Å². The van der Waals surface area contributed by atoms with Crippen molar-refractivity contribution in [3.63, 3.8) is 0 Å². The minimum atomic E-state index is -0.892. The maximum atomic E-state index is 13.0. The molecule has 3 aromatic carbocycles. The van der Waals surface area contributed by atoms with Crippen LogP contribution in [-0.2, 0) is 33.9 Å². The predicted octanol–water partition coefficient (Wildman–Crippen LogP) is 5.06. The van der Waals surface area contributed by atoms with Gasteiger partial charge in [-0.3, -0.25) is 0 Å². The zero-order valence-electron chi connectivity index (χ0n) is 18.4. The van der Waals surface area contributed by atoms with E-state index < -0.39 is 18.1 Å². The zero-order valence-corrected chi connectivity index (χ0v) is 18.4. The van der Waals surface area contributed by atoms with Crippen LogP contribution in [0.15, 0.2) is 85.1 Å². The molecule has 4 aromatic rings. The number of aromatic amines is 1. The molecule has 0 bridgehead atoms. The number of aromatic nitrogens is 1. The highest BCUT2D eigenvalue weighted by Crippen LogP contribution is 2.21. The highest BCUT2D eigenvalue weighted by atomic mass is 16.6. The first-order valence-electron chi connectivity index (χ1n) is 10.8. The van der Waals surface area contributed by atoms with Gasteiger partial charge in [-0.05, 0) is 35.7 Å². The van der Waals surface area contributed by atoms with Gasteiger partial charge in [0.05, 0.1) is 0 Å². The van der Waals surface area contributed by atoms with Crippen LogP contribution in [0.4, 0.5) is 4.79 Å². The molecular weight excluding hydrogens is 416 g/mol. The molecule has 1 aromatic heterocycles. The van der Waals surface area contributed by atoms with Gasteiger partial charge in [-0.2, -0.15) is 0 Å². The number of amides is 1. The van der Waals surface area contributed by atoms with Gasteiger partial charge in [-0.1, -0.05) is 72.3 Å². The van der Waals surface area contributed by atoms with Gasteiger partial charge in [0.25, 0.3) is 0 Å². The van der Waals surface area contributed by atoms with Crippen LogP contribution < -0.4 is 5.32 Å². The van der Waals surface area contributed by atoms with Crippen LogP contribution >= 0.6 is 0 Å². The van der Waals surface area contributed by atoms with Crippen molar-refractivity contribution in [2.75, 3.05) is 0 Å². The Morgan fingerprint density at radius 1 is 0.879 bits per heavy atom. The summed E-state index contributed by atoms with van der Waals surface area (Å²) in [7, 11) is 0. The Labute approximate surface area is 192 Å². The number of ether oxygens (including phenoxy) is 2. The van der Waals surface area contributed by atoms with Gasteiger partial charge in [0.2, 0.25) is 0 Å². The summed E-state index contributed by atoms with van der Waals surface area (Å²) in [5, 5.41) is 3.70. The van der Waals surface area contributed by atoms with E-state index in [2.05, 4.69) is 16.4 Å². The number of aryl methyl sites for hydroxylation is 1. The second-order valence-electron chi connectivity index (χ2n) is 7.92. The Hall–Kier alpha value is -4.06. The number of hydrogen-bond acceptors (Lipinski definition) is 4. The molecule has 4 rings (SSSR count). The van der Waals surface area contributed by atoms with E-state index in [-0.39, 0.29) is 19.6 Å². The quantitative estimate of drug-likeness (QED) is 0.374. The summed E-state index contributed by atoms with van der Waals surface area (Å²) >= 11 is 0. The molecule has 1 atom stereocenters. The highest BCUT2D eigenvalue weighted by Gasteiger charge is 2.25. The van der Waals surface area contributed by atoms with Crippen molar-refractivity contribution >= 4 is 23.0 Å². The molecule has 6 heteroatoms. The number of rotatable bonds is 8. The average Bonchev–Trinajstić information content (AvgIpc) is 3.24. The van der Waals surface area contributed by atoms with E-state index in [1.54, 1.807) is 0 Å². The van der Waals surface area contributed by atoms with Crippen molar-refractivity contribution in [2.45, 2.75) is 32.6 Å². The van der Waals surface area contributed by atoms with E-state index in [1.165, 1.54) is 0 Å². The summed E-state index contributed by atoms with van der Waals surface area (Å²) in [5.41, 5.74) is 4.74. The van der Waals surface area contributed by atoms with Gasteiger partial charge < -0.3 is 19.8 Å². The molecule has 33 heavy (non-hydrogen) atoms. The van der Waals surface area contributed by atoms with E-state index in [9.17, 15) is 9.59 Å². The number of alkyl carbamates (subject to hydrolysis) is 1. The fraction of sp³-hybridized carbons (Fsp3) is 0.185. The Morgan fingerprint density at radius 3 is 2.18 bits per heavy atom. The number of carbonyl (C=O) groups excluding carboxylic acids is 2. The van der Waals surface area contributed by atoms with Gasteiger partial charge in [0, 0.05) is 23.5 Å². The molecule has 0 unspecified atom stereocenters. The SMILES string of the molecule is Cc1ccc2[nH]cc(C[C@H](NC(=O)OCc3ccccc3)C(=O)OCc3ccccc3)c2c1. The van der Waals surface area contributed by atoms with Crippen LogP contribution in [0.25, 0.3) is 10.9 Å². The summed E-state index contributed by atoms with van der Waals surface area (Å²) < 4.78 is 10.9. The van der Waals surface area contributed by atoms with Gasteiger partial charge in [-0.15, -0.1) is 0 Å². The minimum absolute atomic E-state index is 0.116. The number of nitrogens with one attached hydrogen (secondary N) is 2. The number of benzene rings is 3. The number of fused-ring (bicyclic) bond motifs is 1. The van der Waals surface area contributed by atoms with Crippen LogP contribution in [-0.4, -0.2) is 23.1 Å². The molecule has 0 aliphatic rings. The molecule has 0 aliphatic carbocycles. The molecule has 1 amide bonds. The first kappa shape index (κ1) is 22.1. The maximum Gasteiger partial charge on any atom is 0.408 e. The van der Waals surface area contributed by atoms with Crippen LogP contribution in [0.3, 0.4) is 0 Å². The summed E-state index contributed by atoms with van der Waals surface area (Å²) in [4.78, 5) is 28.7. The third-order valence-electron chi connectivity index (χ3n) is 5.36. The van der Waals surface area contributed by atoms with Gasteiger partial charge in [-0.25, -0.2) is 9.59 Å². The monoisotopic (exact) mass is 442 g/mol. The normalized spacial score (nSPS) is 11.7. The number of hydrogen-bond donors (Lipinski definition) is 2. The first-order valence-corrected chi connectivity index (χ1v) is 10.8. The van der Waals surface area contributed by atoms with Crippen molar-refractivity contribution in [3.05, 3.63) is 107 Å². The van der Waals surface area contributed by atoms with Crippen LogP contribution in [0.1, 0.15) is 22.3 Å². The van der Waals surface area contributed by atoms with Crippen LogP contribution in [0.5, 0.6) is 0 Å². The lowest BCUT2D eigenvalue weighted by Crippen LogP contribution is -2.43. The third kappa shape index (κ3) is 6.01. The third-order valence-corrected chi connectivity index (χ3v) is 5.36. The fourth-order valence-electron chi connectivity index (χ4n) is 3.61. The number of H-pyrrole nitrogens is 1. The first-order chi connectivity index (χ1) is 16.1. The Kier molecular flexibility index (Phi) is 7.05. The summed E-state index contributed by atoms with van der Waals surface area (Å²) in [6, 6.07) is 24.0. The predicted molar refractivity (Wildman–Crippen MR) is 127 cm³/mol. The smallest absolute Gasteiger partial charge is 0.408 e. The minimum Gasteiger partial charge on any atom is -0.459 e. The van der Waals surface area contributed by atoms with Crippen molar-refractivity contribution in [3.8, 4) is 0 Å². The molecule has 0 aliphatic heterocycles. The lowest BCUT2D eigenvalue weighted by atomic mass is 10.0. The summed E-state index contributed by atoms with van der Waals surface area (Å²) in [6.45, 7) is 2.26. The number of carbonyl (C=O) groups is 2. The maximum absolute atomic E-state index is 13.0. The number of esters is 1. The fourth-order valence-corrected chi connectivity index (χ4v) is 3.61. The molecule has 1 heterocycles. The highest BCUT2D eigenvalue weighted by molar-refractivity contribution is 5.86. The second-order valence-corrected chi connectivity index (χ2v) is 7.92. The average molecular weight is 443 g/mol. The van der Waals surface area contributed by atoms with Crippen LogP contribution in [0.2, 0.25) is 0 Å². The molecule has 168 valence electrons. The van der Waals surface area contributed by atoms with E-state index >= 15 is 0 Å². The molecule has 6 nitrogen and oxygen atoms in total. The van der Waals surface area contributed by atoms with Crippen LogP contribution in [0, 0.1) is 6.92 Å². The second kappa shape index (κ2) is 10.5. The van der Waals surface area contributed by atoms with Crippen molar-refractivity contribution in [2.24, 2.45) is 0 Å². The topological polar surface area (TPSA) is 80.4 Å². The molecule has 2 N–H and O–H groups in total. The van der Waals surface area contributed by atoms with Crippen molar-refractivity contribution in [1.82, 2.24) is 10.3 Å². The van der Waals surface area contributed by atoms with E-state index in [4.69, 9.17) is 9.47 Å². The largest absolute Gasteiger partial charge is 0.459 e. The van der Waals surface area contributed by atoms with E-state index in [1.807, 2.05) is 85.9 Å². The lowest BCUT2D eigenvalue weighted by molar-refractivity contribution is -0.147. The Morgan fingerprint density at radius 2 is 1.52 bits per heavy atom. The van der Waals surface area contributed by atoms with Crippen molar-refractivity contribution in [1.29, 1.82) is 0 Å². The molecule has 0 fully saturated rings. The molecular formula is C27H26N2O4. The van der Waals surface area contributed by atoms with Gasteiger partial charge in [0.15, 0.2) is 0 Å². The van der Waals surface area contributed by atoms with Gasteiger partial charge >= 0.3 is 12.1 Å². The molecule has 0 saturated heterocycles.